The first-order valence-corrected chi connectivity index (χ1v) is 11.2. The topological polar surface area (TPSA) is 34.6 Å². The largest absolute Gasteiger partial charge is 0.354 e. The number of nitrogens with one attached hydrogen (secondary N) is 1. The molecule has 1 aromatic heterocycles. The lowest BCUT2D eigenvalue weighted by molar-refractivity contribution is 0.213. The number of hydrogen-bond donors (Lipinski definition) is 1. The average Bonchev–Trinajstić information content (AvgIpc) is 3.40. The van der Waals surface area contributed by atoms with Gasteiger partial charge in [0.25, 0.3) is 0 Å². The molecule has 0 bridgehead atoms. The Morgan fingerprint density at radius 3 is 2.67 bits per heavy atom. The third-order valence-corrected chi connectivity index (χ3v) is 7.22. The van der Waals surface area contributed by atoms with Crippen LogP contribution in [0.15, 0.2) is 36.5 Å². The first-order chi connectivity index (χ1) is 14.6. The van der Waals surface area contributed by atoms with Crippen molar-refractivity contribution in [3.63, 3.8) is 0 Å². The van der Waals surface area contributed by atoms with Crippen LogP contribution < -0.4 is 10.2 Å². The van der Waals surface area contributed by atoms with Gasteiger partial charge in [-0.15, -0.1) is 0 Å². The van der Waals surface area contributed by atoms with E-state index in [1.165, 1.54) is 11.1 Å². The van der Waals surface area contributed by atoms with Gasteiger partial charge in [-0.25, -0.2) is 9.37 Å². The number of piperazine rings is 1. The number of aryl methyl sites for hydroxylation is 1. The fourth-order valence-electron chi connectivity index (χ4n) is 5.59. The highest BCUT2D eigenvalue weighted by Crippen LogP contribution is 2.42. The summed E-state index contributed by atoms with van der Waals surface area (Å²) in [5.41, 5.74) is 3.41. The molecule has 6 heteroatoms. The maximum absolute atomic E-state index is 14.6. The maximum Gasteiger partial charge on any atom is 0.128 e. The number of anilines is 1. The number of rotatable bonds is 4. The van der Waals surface area contributed by atoms with Crippen molar-refractivity contribution in [3.05, 3.63) is 59.0 Å². The number of hydrogen-bond acceptors (Lipinski definition) is 5. The van der Waals surface area contributed by atoms with E-state index >= 15 is 0 Å². The minimum Gasteiger partial charge on any atom is -0.354 e. The molecular formula is C24H32FN5. The van der Waals surface area contributed by atoms with Gasteiger partial charge >= 0.3 is 0 Å². The second kappa shape index (κ2) is 8.25. The minimum absolute atomic E-state index is 0.0399. The molecule has 1 N–H and O–H groups in total. The summed E-state index contributed by atoms with van der Waals surface area (Å²) in [6.45, 7) is 5.98. The SMILES string of the molecule is CN(C)[C@@H]1CN(C2CCc3cccc(F)c32)C[C@H]1c1ccc(N2CCNCC2)nc1. The highest BCUT2D eigenvalue weighted by atomic mass is 19.1. The Bertz CT molecular complexity index is 878. The number of aromatic nitrogens is 1. The molecule has 5 nitrogen and oxygen atoms in total. The summed E-state index contributed by atoms with van der Waals surface area (Å²) in [6.07, 6.45) is 4.07. The van der Waals surface area contributed by atoms with Gasteiger partial charge in [-0.1, -0.05) is 18.2 Å². The van der Waals surface area contributed by atoms with Gasteiger partial charge in [0.05, 0.1) is 0 Å². The number of benzene rings is 1. The molecule has 0 saturated carbocycles. The van der Waals surface area contributed by atoms with Crippen molar-refractivity contribution in [1.29, 1.82) is 0 Å². The summed E-state index contributed by atoms with van der Waals surface area (Å²) in [6, 6.07) is 10.6. The van der Waals surface area contributed by atoms with Crippen LogP contribution in [-0.4, -0.2) is 74.2 Å². The zero-order chi connectivity index (χ0) is 20.7. The Hall–Kier alpha value is -2.02. The van der Waals surface area contributed by atoms with Crippen LogP contribution in [0.25, 0.3) is 0 Å². The number of likely N-dealkylation sites (N-methyl/N-ethyl adjacent to an activating group) is 1. The molecule has 3 atom stereocenters. The van der Waals surface area contributed by atoms with E-state index < -0.39 is 0 Å². The van der Waals surface area contributed by atoms with E-state index in [9.17, 15) is 4.39 Å². The van der Waals surface area contributed by atoms with E-state index in [1.54, 1.807) is 6.07 Å². The van der Waals surface area contributed by atoms with Gasteiger partial charge in [-0.3, -0.25) is 4.90 Å². The van der Waals surface area contributed by atoms with Gasteiger partial charge in [-0.2, -0.15) is 0 Å². The molecule has 30 heavy (non-hydrogen) atoms. The van der Waals surface area contributed by atoms with Crippen LogP contribution in [0.5, 0.6) is 0 Å². The van der Waals surface area contributed by atoms with Crippen LogP contribution in [0.1, 0.15) is 35.1 Å². The van der Waals surface area contributed by atoms with Crippen molar-refractivity contribution in [3.8, 4) is 0 Å². The van der Waals surface area contributed by atoms with E-state index in [-0.39, 0.29) is 11.9 Å². The number of nitrogens with zero attached hydrogens (tertiary/aromatic N) is 4. The smallest absolute Gasteiger partial charge is 0.128 e. The summed E-state index contributed by atoms with van der Waals surface area (Å²) in [4.78, 5) is 12.0. The van der Waals surface area contributed by atoms with E-state index in [0.29, 0.717) is 12.0 Å². The van der Waals surface area contributed by atoms with E-state index in [1.807, 2.05) is 6.07 Å². The molecule has 160 valence electrons. The standard InChI is InChI=1S/C24H32FN5/c1-28(2)22-16-30(21-8-6-17-4-3-5-20(25)24(17)21)15-19(22)18-7-9-23(27-14-18)29-12-10-26-11-13-29/h3-5,7,9,14,19,21-22,26H,6,8,10-13,15-16H2,1-2H3/t19-,21?,22+/m0/s1. The van der Waals surface area contributed by atoms with Crippen LogP contribution in [0.4, 0.5) is 10.2 Å². The molecule has 0 spiro atoms. The Balaban J connectivity index is 1.37. The van der Waals surface area contributed by atoms with Crippen LogP contribution >= 0.6 is 0 Å². The van der Waals surface area contributed by atoms with E-state index in [0.717, 1.165) is 63.5 Å². The monoisotopic (exact) mass is 409 g/mol. The summed E-state index contributed by atoms with van der Waals surface area (Å²) in [5.74, 6) is 1.42. The highest BCUT2D eigenvalue weighted by molar-refractivity contribution is 5.41. The molecule has 5 rings (SSSR count). The molecule has 0 radical (unpaired) electrons. The summed E-state index contributed by atoms with van der Waals surface area (Å²) >= 11 is 0. The fraction of sp³-hybridized carbons (Fsp3) is 0.542. The highest BCUT2D eigenvalue weighted by Gasteiger charge is 2.41. The molecule has 3 aliphatic rings. The molecular weight excluding hydrogens is 377 g/mol. The van der Waals surface area contributed by atoms with Crippen molar-refractivity contribution in [2.45, 2.75) is 30.8 Å². The van der Waals surface area contributed by atoms with Crippen LogP contribution in [0.3, 0.4) is 0 Å². The normalized spacial score (nSPS) is 27.1. The zero-order valence-electron chi connectivity index (χ0n) is 18.0. The van der Waals surface area contributed by atoms with Crippen LogP contribution in [0, 0.1) is 5.82 Å². The first kappa shape index (κ1) is 19.9. The van der Waals surface area contributed by atoms with Crippen molar-refractivity contribution < 1.29 is 4.39 Å². The summed E-state index contributed by atoms with van der Waals surface area (Å²) in [7, 11) is 4.32. The Kier molecular flexibility index (Phi) is 5.48. The maximum atomic E-state index is 14.6. The summed E-state index contributed by atoms with van der Waals surface area (Å²) < 4.78 is 14.6. The molecule has 1 unspecified atom stereocenters. The fourth-order valence-corrected chi connectivity index (χ4v) is 5.59. The molecule has 3 heterocycles. The van der Waals surface area contributed by atoms with Crippen LogP contribution in [-0.2, 0) is 6.42 Å². The zero-order valence-corrected chi connectivity index (χ0v) is 18.0. The number of halogens is 1. The van der Waals surface area contributed by atoms with Crippen molar-refractivity contribution in [1.82, 2.24) is 20.1 Å². The predicted molar refractivity (Wildman–Crippen MR) is 119 cm³/mol. The van der Waals surface area contributed by atoms with Crippen molar-refractivity contribution >= 4 is 5.82 Å². The van der Waals surface area contributed by atoms with E-state index in [2.05, 4.69) is 58.5 Å². The second-order valence-electron chi connectivity index (χ2n) is 9.15. The van der Waals surface area contributed by atoms with E-state index in [4.69, 9.17) is 4.98 Å². The van der Waals surface area contributed by atoms with Gasteiger partial charge in [0.2, 0.25) is 0 Å². The first-order valence-electron chi connectivity index (χ1n) is 11.2. The lowest BCUT2D eigenvalue weighted by Crippen LogP contribution is -2.43. The Morgan fingerprint density at radius 2 is 1.93 bits per heavy atom. The predicted octanol–water partition coefficient (Wildman–Crippen LogP) is 2.65. The van der Waals surface area contributed by atoms with Gasteiger partial charge in [-0.05, 0) is 50.2 Å². The van der Waals surface area contributed by atoms with Gasteiger partial charge in [0, 0.05) is 69.0 Å². The number of pyridine rings is 1. The van der Waals surface area contributed by atoms with Crippen LogP contribution in [0.2, 0.25) is 0 Å². The Labute approximate surface area is 178 Å². The van der Waals surface area contributed by atoms with Gasteiger partial charge < -0.3 is 15.1 Å². The molecule has 2 saturated heterocycles. The lowest BCUT2D eigenvalue weighted by Gasteiger charge is -2.29. The van der Waals surface area contributed by atoms with Gasteiger partial charge in [0.15, 0.2) is 0 Å². The minimum atomic E-state index is -0.0399. The number of fused-ring (bicyclic) bond motifs is 1. The Morgan fingerprint density at radius 1 is 1.10 bits per heavy atom. The molecule has 1 aromatic carbocycles. The van der Waals surface area contributed by atoms with Gasteiger partial charge in [0.1, 0.15) is 11.6 Å². The third-order valence-electron chi connectivity index (χ3n) is 7.22. The third kappa shape index (κ3) is 3.61. The molecule has 1 aliphatic carbocycles. The lowest BCUT2D eigenvalue weighted by atomic mass is 9.95. The quantitative estimate of drug-likeness (QED) is 0.840. The molecule has 2 aromatic rings. The second-order valence-corrected chi connectivity index (χ2v) is 9.15. The summed E-state index contributed by atoms with van der Waals surface area (Å²) in [5, 5.41) is 3.39. The molecule has 2 fully saturated rings. The molecule has 2 aliphatic heterocycles. The average molecular weight is 410 g/mol. The molecule has 0 amide bonds. The van der Waals surface area contributed by atoms with Crippen molar-refractivity contribution in [2.24, 2.45) is 0 Å². The van der Waals surface area contributed by atoms with Crippen molar-refractivity contribution in [2.75, 3.05) is 58.3 Å². The number of likely N-dealkylation sites (tertiary alicyclic amines) is 1.